The summed E-state index contributed by atoms with van der Waals surface area (Å²) in [6, 6.07) is 5.77. The molecule has 0 fully saturated rings. The molecule has 1 aromatic carbocycles. The molecule has 1 rings (SSSR count). The zero-order chi connectivity index (χ0) is 15.1. The third-order valence-electron chi connectivity index (χ3n) is 2.75. The third kappa shape index (κ3) is 4.89. The van der Waals surface area contributed by atoms with Gasteiger partial charge in [-0.2, -0.15) is 0 Å². The topological polar surface area (TPSA) is 87.7 Å². The molecule has 6 heteroatoms. The van der Waals surface area contributed by atoms with Gasteiger partial charge in [-0.15, -0.1) is 0 Å². The minimum absolute atomic E-state index is 0.0885. The summed E-state index contributed by atoms with van der Waals surface area (Å²) >= 11 is 0. The SMILES string of the molecule is COCC(NC(=O)Nc1cccc(C(C)C)c1)C(=O)O. The maximum absolute atomic E-state index is 11.7. The molecule has 0 aliphatic carbocycles. The Hall–Kier alpha value is -2.08. The van der Waals surface area contributed by atoms with Gasteiger partial charge in [-0.3, -0.25) is 0 Å². The Morgan fingerprint density at radius 2 is 2.05 bits per heavy atom. The van der Waals surface area contributed by atoms with Crippen LogP contribution in [-0.2, 0) is 9.53 Å². The fraction of sp³-hybridized carbons (Fsp3) is 0.429. The Morgan fingerprint density at radius 1 is 1.35 bits per heavy atom. The van der Waals surface area contributed by atoms with Crippen LogP contribution in [0.25, 0.3) is 0 Å². The molecule has 0 radical (unpaired) electrons. The number of methoxy groups -OCH3 is 1. The number of hydrogen-bond donors (Lipinski definition) is 3. The lowest BCUT2D eigenvalue weighted by molar-refractivity contribution is -0.140. The number of ether oxygens (including phenoxy) is 1. The summed E-state index contributed by atoms with van der Waals surface area (Å²) in [5, 5.41) is 13.9. The van der Waals surface area contributed by atoms with Gasteiger partial charge in [-0.05, 0) is 23.6 Å². The van der Waals surface area contributed by atoms with E-state index in [1.165, 1.54) is 7.11 Å². The monoisotopic (exact) mass is 280 g/mol. The van der Waals surface area contributed by atoms with Gasteiger partial charge in [0.2, 0.25) is 0 Å². The van der Waals surface area contributed by atoms with Crippen molar-refractivity contribution in [1.82, 2.24) is 5.32 Å². The summed E-state index contributed by atoms with van der Waals surface area (Å²) in [6.45, 7) is 4.02. The Balaban J connectivity index is 2.65. The molecule has 0 saturated heterocycles. The number of carboxylic acids is 1. The molecule has 20 heavy (non-hydrogen) atoms. The molecule has 6 nitrogen and oxygen atoms in total. The number of carbonyl (C=O) groups excluding carboxylic acids is 1. The van der Waals surface area contributed by atoms with Gasteiger partial charge in [-0.1, -0.05) is 26.0 Å². The number of urea groups is 1. The van der Waals surface area contributed by atoms with Crippen LogP contribution < -0.4 is 10.6 Å². The lowest BCUT2D eigenvalue weighted by Crippen LogP contribution is -2.45. The van der Waals surface area contributed by atoms with E-state index >= 15 is 0 Å². The Labute approximate surface area is 118 Å². The Kier molecular flexibility index (Phi) is 5.99. The number of carboxylic acid groups (broad SMARTS) is 1. The van der Waals surface area contributed by atoms with Gasteiger partial charge in [-0.25, -0.2) is 9.59 Å². The van der Waals surface area contributed by atoms with Crippen LogP contribution in [-0.4, -0.2) is 36.9 Å². The van der Waals surface area contributed by atoms with E-state index in [0.29, 0.717) is 11.6 Å². The van der Waals surface area contributed by atoms with Gasteiger partial charge in [0, 0.05) is 12.8 Å². The van der Waals surface area contributed by atoms with Crippen LogP contribution in [0.1, 0.15) is 25.3 Å². The average Bonchev–Trinajstić information content (AvgIpc) is 2.38. The van der Waals surface area contributed by atoms with Crippen LogP contribution in [0.5, 0.6) is 0 Å². The van der Waals surface area contributed by atoms with Crippen LogP contribution in [0.4, 0.5) is 10.5 Å². The Morgan fingerprint density at radius 3 is 2.60 bits per heavy atom. The zero-order valence-electron chi connectivity index (χ0n) is 11.8. The number of hydrogen-bond acceptors (Lipinski definition) is 3. The lowest BCUT2D eigenvalue weighted by atomic mass is 10.0. The minimum atomic E-state index is -1.14. The van der Waals surface area contributed by atoms with Crippen molar-refractivity contribution in [2.24, 2.45) is 0 Å². The highest BCUT2D eigenvalue weighted by atomic mass is 16.5. The van der Waals surface area contributed by atoms with Gasteiger partial charge in [0.15, 0.2) is 6.04 Å². The maximum atomic E-state index is 11.7. The van der Waals surface area contributed by atoms with Crippen molar-refractivity contribution in [2.45, 2.75) is 25.8 Å². The molecule has 1 atom stereocenters. The highest BCUT2D eigenvalue weighted by Gasteiger charge is 2.19. The smallest absolute Gasteiger partial charge is 0.328 e. The van der Waals surface area contributed by atoms with Gasteiger partial charge in [0.05, 0.1) is 6.61 Å². The van der Waals surface area contributed by atoms with E-state index in [2.05, 4.69) is 24.5 Å². The third-order valence-corrected chi connectivity index (χ3v) is 2.75. The molecule has 0 aliphatic heterocycles. The zero-order valence-corrected chi connectivity index (χ0v) is 11.8. The van der Waals surface area contributed by atoms with E-state index in [0.717, 1.165) is 5.56 Å². The van der Waals surface area contributed by atoms with Gasteiger partial charge >= 0.3 is 12.0 Å². The highest BCUT2D eigenvalue weighted by molar-refractivity contribution is 5.92. The molecule has 0 saturated carbocycles. The molecule has 0 aromatic heterocycles. The number of nitrogens with one attached hydrogen (secondary N) is 2. The standard InChI is InChI=1S/C14H20N2O4/c1-9(2)10-5-4-6-11(7-10)15-14(19)16-12(8-20-3)13(17)18/h4-7,9,12H,8H2,1-3H3,(H,17,18)(H2,15,16,19). The molecule has 0 heterocycles. The van der Waals surface area contributed by atoms with Crippen molar-refractivity contribution in [3.8, 4) is 0 Å². The molecule has 1 aromatic rings. The summed E-state index contributed by atoms with van der Waals surface area (Å²) in [4.78, 5) is 22.6. The van der Waals surface area contributed by atoms with Crippen molar-refractivity contribution < 1.29 is 19.4 Å². The normalized spacial score (nSPS) is 12.0. The van der Waals surface area contributed by atoms with E-state index < -0.39 is 18.0 Å². The first kappa shape index (κ1) is 16.0. The van der Waals surface area contributed by atoms with E-state index in [4.69, 9.17) is 9.84 Å². The van der Waals surface area contributed by atoms with Crippen LogP contribution >= 0.6 is 0 Å². The lowest BCUT2D eigenvalue weighted by Gasteiger charge is -2.15. The number of benzene rings is 1. The predicted octanol–water partition coefficient (Wildman–Crippen LogP) is 2.03. The van der Waals surface area contributed by atoms with Gasteiger partial charge < -0.3 is 20.5 Å². The van der Waals surface area contributed by atoms with Crippen molar-refractivity contribution >= 4 is 17.7 Å². The van der Waals surface area contributed by atoms with Crippen LogP contribution in [0.3, 0.4) is 0 Å². The molecular formula is C14H20N2O4. The number of aliphatic carboxylic acids is 1. The van der Waals surface area contributed by atoms with Crippen molar-refractivity contribution in [1.29, 1.82) is 0 Å². The second kappa shape index (κ2) is 7.49. The fourth-order valence-corrected chi connectivity index (χ4v) is 1.64. The van der Waals surface area contributed by atoms with Crippen LogP contribution in [0.2, 0.25) is 0 Å². The summed E-state index contributed by atoms with van der Waals surface area (Å²) in [5.41, 5.74) is 1.71. The largest absolute Gasteiger partial charge is 0.480 e. The Bertz CT molecular complexity index is 474. The van der Waals surface area contributed by atoms with Crippen molar-refractivity contribution in [3.63, 3.8) is 0 Å². The number of rotatable bonds is 6. The summed E-state index contributed by atoms with van der Waals surface area (Å²) < 4.78 is 4.74. The second-order valence-electron chi connectivity index (χ2n) is 4.72. The molecule has 0 spiro atoms. The van der Waals surface area contributed by atoms with Crippen LogP contribution in [0, 0.1) is 0 Å². The first-order valence-electron chi connectivity index (χ1n) is 6.33. The molecule has 3 N–H and O–H groups in total. The number of amides is 2. The molecule has 1 unspecified atom stereocenters. The first-order chi connectivity index (χ1) is 9.43. The van der Waals surface area contributed by atoms with Crippen LogP contribution in [0.15, 0.2) is 24.3 Å². The van der Waals surface area contributed by atoms with Crippen molar-refractivity contribution in [2.75, 3.05) is 19.0 Å². The highest BCUT2D eigenvalue weighted by Crippen LogP contribution is 2.18. The van der Waals surface area contributed by atoms with Crippen molar-refractivity contribution in [3.05, 3.63) is 29.8 Å². The molecule has 0 bridgehead atoms. The predicted molar refractivity (Wildman–Crippen MR) is 76.0 cm³/mol. The second-order valence-corrected chi connectivity index (χ2v) is 4.72. The fourth-order valence-electron chi connectivity index (χ4n) is 1.64. The quantitative estimate of drug-likeness (QED) is 0.744. The summed E-state index contributed by atoms with van der Waals surface area (Å²) in [6.07, 6.45) is 0. The molecule has 2 amide bonds. The van der Waals surface area contributed by atoms with Gasteiger partial charge in [0.1, 0.15) is 0 Å². The summed E-state index contributed by atoms with van der Waals surface area (Å²) in [5.74, 6) is -0.794. The number of carbonyl (C=O) groups is 2. The molecular weight excluding hydrogens is 260 g/mol. The van der Waals surface area contributed by atoms with E-state index in [1.54, 1.807) is 6.07 Å². The summed E-state index contributed by atoms with van der Waals surface area (Å²) in [7, 11) is 1.38. The van der Waals surface area contributed by atoms with Gasteiger partial charge in [0.25, 0.3) is 0 Å². The molecule has 0 aliphatic rings. The maximum Gasteiger partial charge on any atom is 0.328 e. The van der Waals surface area contributed by atoms with E-state index in [-0.39, 0.29) is 6.61 Å². The van der Waals surface area contributed by atoms with E-state index in [1.807, 2.05) is 18.2 Å². The van der Waals surface area contributed by atoms with E-state index in [9.17, 15) is 9.59 Å². The number of anilines is 1. The minimum Gasteiger partial charge on any atom is -0.480 e. The first-order valence-corrected chi connectivity index (χ1v) is 6.33. The molecule has 110 valence electrons. The average molecular weight is 280 g/mol.